The summed E-state index contributed by atoms with van der Waals surface area (Å²) in [5.74, 6) is -2.77. The van der Waals surface area contributed by atoms with Crippen LogP contribution >= 0.6 is 23.2 Å². The van der Waals surface area contributed by atoms with Gasteiger partial charge in [-0.3, -0.25) is 4.79 Å². The highest BCUT2D eigenvalue weighted by Crippen LogP contribution is 2.33. The van der Waals surface area contributed by atoms with Crippen LogP contribution in [-0.2, 0) is 14.3 Å². The molecule has 6 heteroatoms. The van der Waals surface area contributed by atoms with Crippen LogP contribution in [0, 0.1) is 0 Å². The van der Waals surface area contributed by atoms with Crippen LogP contribution in [-0.4, -0.2) is 22.6 Å². The van der Waals surface area contributed by atoms with Gasteiger partial charge >= 0.3 is 11.9 Å². The lowest BCUT2D eigenvalue weighted by molar-refractivity contribution is -0.172. The van der Waals surface area contributed by atoms with Crippen molar-refractivity contribution in [1.82, 2.24) is 0 Å². The molecule has 0 aliphatic heterocycles. The molecule has 1 unspecified atom stereocenters. The first-order valence-electron chi connectivity index (χ1n) is 7.18. The molecule has 0 bridgehead atoms. The van der Waals surface area contributed by atoms with Crippen molar-refractivity contribution in [3.8, 4) is 0 Å². The number of aliphatic hydroxyl groups is 1. The van der Waals surface area contributed by atoms with Crippen LogP contribution in [0.25, 0.3) is 0 Å². The molecule has 2 aromatic rings. The highest BCUT2D eigenvalue weighted by Gasteiger charge is 2.33. The van der Waals surface area contributed by atoms with Gasteiger partial charge < -0.3 is 9.84 Å². The molecule has 0 aliphatic rings. The predicted octanol–water partition coefficient (Wildman–Crippen LogP) is 3.97. The fourth-order valence-corrected chi connectivity index (χ4v) is 2.62. The van der Waals surface area contributed by atoms with E-state index >= 15 is 0 Å². The number of hydrogen-bond donors (Lipinski definition) is 1. The molecular formula is C18H16Cl2O4. The Kier molecular flexibility index (Phi) is 5.65. The van der Waals surface area contributed by atoms with E-state index in [9.17, 15) is 14.7 Å². The Balaban J connectivity index is 2.44. The summed E-state index contributed by atoms with van der Waals surface area (Å²) in [4.78, 5) is 24.4. The molecule has 126 valence electrons. The number of carbonyl (C=O) groups excluding carboxylic acids is 2. The van der Waals surface area contributed by atoms with Crippen molar-refractivity contribution in [2.45, 2.75) is 25.4 Å². The third-order valence-electron chi connectivity index (χ3n) is 3.33. The molecule has 24 heavy (non-hydrogen) atoms. The number of carbonyl (C=O) groups is 2. The molecule has 0 aliphatic carbocycles. The molecule has 4 nitrogen and oxygen atoms in total. The molecule has 0 spiro atoms. The zero-order valence-corrected chi connectivity index (χ0v) is 14.6. The second-order valence-electron chi connectivity index (χ2n) is 5.78. The van der Waals surface area contributed by atoms with Gasteiger partial charge in [-0.1, -0.05) is 59.6 Å². The van der Waals surface area contributed by atoms with Gasteiger partial charge in [0.2, 0.25) is 0 Å². The normalized spacial score (nSPS) is 12.5. The minimum atomic E-state index is -1.78. The molecule has 1 N–H and O–H groups in total. The predicted molar refractivity (Wildman–Crippen MR) is 92.1 cm³/mol. The topological polar surface area (TPSA) is 63.6 Å². The summed E-state index contributed by atoms with van der Waals surface area (Å²) >= 11 is 12.1. The quantitative estimate of drug-likeness (QED) is 0.656. The number of rotatable bonds is 4. The number of ether oxygens (including phenoxy) is 1. The molecule has 0 saturated heterocycles. The van der Waals surface area contributed by atoms with Crippen molar-refractivity contribution in [1.29, 1.82) is 0 Å². The number of benzene rings is 2. The van der Waals surface area contributed by atoms with Crippen LogP contribution in [0.2, 0.25) is 10.0 Å². The highest BCUT2D eigenvalue weighted by atomic mass is 35.5. The average Bonchev–Trinajstić information content (AvgIpc) is 2.50. The highest BCUT2D eigenvalue weighted by molar-refractivity contribution is 6.35. The molecule has 0 saturated carbocycles. The monoisotopic (exact) mass is 366 g/mol. The third-order valence-corrected chi connectivity index (χ3v) is 3.90. The molecular weight excluding hydrogens is 351 g/mol. The van der Waals surface area contributed by atoms with E-state index in [1.54, 1.807) is 42.5 Å². The zero-order valence-electron chi connectivity index (χ0n) is 13.1. The number of hydrogen-bond acceptors (Lipinski definition) is 4. The molecule has 1 atom stereocenters. The van der Waals surface area contributed by atoms with Gasteiger partial charge in [0, 0.05) is 10.0 Å². The van der Waals surface area contributed by atoms with Crippen LogP contribution in [0.1, 0.15) is 30.9 Å². The van der Waals surface area contributed by atoms with E-state index in [0.29, 0.717) is 16.1 Å². The van der Waals surface area contributed by atoms with Crippen molar-refractivity contribution in [2.75, 3.05) is 0 Å². The summed E-state index contributed by atoms with van der Waals surface area (Å²) in [6.07, 6.45) is 0. The van der Waals surface area contributed by atoms with Gasteiger partial charge in [-0.15, -0.1) is 0 Å². The van der Waals surface area contributed by atoms with Crippen molar-refractivity contribution < 1.29 is 19.4 Å². The summed E-state index contributed by atoms with van der Waals surface area (Å²) in [7, 11) is 0. The first-order valence-corrected chi connectivity index (χ1v) is 7.94. The maximum Gasteiger partial charge on any atom is 0.345 e. The first-order chi connectivity index (χ1) is 11.2. The van der Waals surface area contributed by atoms with Crippen molar-refractivity contribution >= 4 is 35.1 Å². The van der Waals surface area contributed by atoms with E-state index in [-0.39, 0.29) is 5.02 Å². The standard InChI is InChI=1S/C18H16Cl2O4/c1-18(2,23)17(22)24-16(21)15(11-6-4-3-5-7-11)13-9-8-12(19)10-14(13)20/h3-10,15,23H,1-2H3. The minimum absolute atomic E-state index is 0.281. The fraction of sp³-hybridized carbons (Fsp3) is 0.222. The Bertz CT molecular complexity index is 751. The Morgan fingerprint density at radius 2 is 1.71 bits per heavy atom. The zero-order chi connectivity index (χ0) is 17.9. The Labute approximate surface area is 150 Å². The Morgan fingerprint density at radius 3 is 2.25 bits per heavy atom. The minimum Gasteiger partial charge on any atom is -0.390 e. The Morgan fingerprint density at radius 1 is 1.08 bits per heavy atom. The van der Waals surface area contributed by atoms with Crippen molar-refractivity contribution in [3.05, 3.63) is 69.7 Å². The molecule has 0 fully saturated rings. The maximum absolute atomic E-state index is 12.6. The molecule has 0 amide bonds. The van der Waals surface area contributed by atoms with E-state index < -0.39 is 23.5 Å². The fourth-order valence-electron chi connectivity index (χ4n) is 2.10. The molecule has 0 radical (unpaired) electrons. The summed E-state index contributed by atoms with van der Waals surface area (Å²) in [6, 6.07) is 13.5. The van der Waals surface area contributed by atoms with E-state index in [1.807, 2.05) is 0 Å². The first kappa shape index (κ1) is 18.5. The smallest absolute Gasteiger partial charge is 0.345 e. The van der Waals surface area contributed by atoms with E-state index in [4.69, 9.17) is 27.9 Å². The summed E-state index contributed by atoms with van der Waals surface area (Å²) in [5, 5.41) is 10.4. The molecule has 0 aromatic heterocycles. The van der Waals surface area contributed by atoms with Gasteiger partial charge in [0.05, 0.1) is 0 Å². The van der Waals surface area contributed by atoms with Gasteiger partial charge in [0.1, 0.15) is 5.92 Å². The van der Waals surface area contributed by atoms with Crippen molar-refractivity contribution in [3.63, 3.8) is 0 Å². The summed E-state index contributed by atoms with van der Waals surface area (Å²) in [6.45, 7) is 2.49. The average molecular weight is 367 g/mol. The lowest BCUT2D eigenvalue weighted by Crippen LogP contribution is -2.36. The van der Waals surface area contributed by atoms with Gasteiger partial charge in [-0.25, -0.2) is 4.79 Å². The Hall–Kier alpha value is -1.88. The largest absolute Gasteiger partial charge is 0.390 e. The lowest BCUT2D eigenvalue weighted by Gasteiger charge is -2.20. The van der Waals surface area contributed by atoms with Gasteiger partial charge in [-0.05, 0) is 37.1 Å². The number of halogens is 2. The van der Waals surface area contributed by atoms with Crippen LogP contribution in [0.15, 0.2) is 48.5 Å². The molecule has 2 rings (SSSR count). The van der Waals surface area contributed by atoms with Gasteiger partial charge in [-0.2, -0.15) is 0 Å². The summed E-state index contributed by atoms with van der Waals surface area (Å²) in [5.41, 5.74) is -0.711. The molecule has 2 aromatic carbocycles. The van der Waals surface area contributed by atoms with E-state index in [2.05, 4.69) is 0 Å². The maximum atomic E-state index is 12.6. The van der Waals surface area contributed by atoms with Gasteiger partial charge in [0.15, 0.2) is 5.60 Å². The van der Waals surface area contributed by atoms with Gasteiger partial charge in [0.25, 0.3) is 0 Å². The van der Waals surface area contributed by atoms with Crippen LogP contribution in [0.3, 0.4) is 0 Å². The van der Waals surface area contributed by atoms with Crippen LogP contribution in [0.5, 0.6) is 0 Å². The van der Waals surface area contributed by atoms with Crippen LogP contribution in [0.4, 0.5) is 0 Å². The lowest BCUT2D eigenvalue weighted by atomic mass is 9.91. The SMILES string of the molecule is CC(C)(O)C(=O)OC(=O)C(c1ccccc1)c1ccc(Cl)cc1Cl. The summed E-state index contributed by atoms with van der Waals surface area (Å²) < 4.78 is 4.85. The van der Waals surface area contributed by atoms with E-state index in [1.165, 1.54) is 19.9 Å². The molecule has 0 heterocycles. The van der Waals surface area contributed by atoms with Crippen molar-refractivity contribution in [2.24, 2.45) is 0 Å². The number of esters is 2. The van der Waals surface area contributed by atoms with Crippen LogP contribution < -0.4 is 0 Å². The second kappa shape index (κ2) is 7.34. The third kappa shape index (κ3) is 4.35. The van der Waals surface area contributed by atoms with E-state index in [0.717, 1.165) is 0 Å². The second-order valence-corrected chi connectivity index (χ2v) is 6.62.